The van der Waals surface area contributed by atoms with Crippen molar-refractivity contribution in [2.45, 2.75) is 103 Å². The molecule has 6 heteroatoms. The summed E-state index contributed by atoms with van der Waals surface area (Å²) in [4.78, 5) is 40.1. The van der Waals surface area contributed by atoms with Crippen molar-refractivity contribution in [2.24, 2.45) is 5.92 Å². The number of rotatable bonds is 7. The van der Waals surface area contributed by atoms with Gasteiger partial charge in [-0.1, -0.05) is 62.4 Å². The quantitative estimate of drug-likeness (QED) is 0.577. The Morgan fingerprint density at radius 1 is 0.944 bits per heavy atom. The lowest BCUT2D eigenvalue weighted by Gasteiger charge is -2.28. The zero-order valence-corrected chi connectivity index (χ0v) is 21.9. The summed E-state index contributed by atoms with van der Waals surface area (Å²) >= 11 is 0. The van der Waals surface area contributed by atoms with E-state index in [1.54, 1.807) is 13.8 Å². The average molecular weight is 492 g/mol. The molecule has 0 aliphatic heterocycles. The molecule has 1 heterocycles. The Kier molecular flexibility index (Phi) is 8.65. The van der Waals surface area contributed by atoms with E-state index in [0.717, 1.165) is 55.3 Å². The number of hydrogen-bond donors (Lipinski definition) is 2. The molecule has 0 atom stereocenters. The van der Waals surface area contributed by atoms with Gasteiger partial charge < -0.3 is 15.2 Å². The van der Waals surface area contributed by atoms with Crippen LogP contribution in [0, 0.1) is 5.92 Å². The summed E-state index contributed by atoms with van der Waals surface area (Å²) in [5.74, 6) is -0.264. The van der Waals surface area contributed by atoms with E-state index in [1.165, 1.54) is 32.1 Å². The Morgan fingerprint density at radius 3 is 2.33 bits per heavy atom. The smallest absolute Gasteiger partial charge is 0.263 e. The fourth-order valence-corrected chi connectivity index (χ4v) is 5.62. The Morgan fingerprint density at radius 2 is 1.61 bits per heavy atom. The molecule has 1 saturated carbocycles. The van der Waals surface area contributed by atoms with E-state index in [-0.39, 0.29) is 17.0 Å². The maximum atomic E-state index is 13.7. The number of hydrogen-bond acceptors (Lipinski definition) is 3. The first-order chi connectivity index (χ1) is 17.3. The summed E-state index contributed by atoms with van der Waals surface area (Å²) in [5.41, 5.74) is 2.03. The Labute approximate surface area is 214 Å². The van der Waals surface area contributed by atoms with Crippen LogP contribution in [0.4, 0.5) is 0 Å². The normalized spacial score (nSPS) is 16.9. The largest absolute Gasteiger partial charge is 0.350 e. The number of fused-ring (bicyclic) bond motifs is 1. The number of aromatic nitrogens is 1. The van der Waals surface area contributed by atoms with Gasteiger partial charge in [0.25, 0.3) is 11.5 Å². The molecule has 0 saturated heterocycles. The lowest BCUT2D eigenvalue weighted by Crippen LogP contribution is -2.55. The molecule has 2 aromatic rings. The van der Waals surface area contributed by atoms with Crippen molar-refractivity contribution in [1.82, 2.24) is 15.2 Å². The number of nitrogens with zero attached hydrogens (tertiary/aromatic N) is 1. The summed E-state index contributed by atoms with van der Waals surface area (Å²) in [6, 6.07) is 11.5. The predicted molar refractivity (Wildman–Crippen MR) is 143 cm³/mol. The number of nitrogens with one attached hydrogen (secondary N) is 2. The number of pyridine rings is 1. The molecule has 0 unspecified atom stereocenters. The highest BCUT2D eigenvalue weighted by molar-refractivity contribution is 5.98. The number of amides is 2. The molecule has 0 bridgehead atoms. The third-order valence-electron chi connectivity index (χ3n) is 7.80. The zero-order valence-electron chi connectivity index (χ0n) is 21.9. The van der Waals surface area contributed by atoms with Crippen molar-refractivity contribution in [3.8, 4) is 0 Å². The van der Waals surface area contributed by atoms with E-state index in [0.29, 0.717) is 19.0 Å². The molecule has 1 fully saturated rings. The molecule has 6 nitrogen and oxygen atoms in total. The fourth-order valence-electron chi connectivity index (χ4n) is 5.62. The van der Waals surface area contributed by atoms with Crippen molar-refractivity contribution in [3.05, 3.63) is 69.1 Å². The lowest BCUT2D eigenvalue weighted by atomic mass is 9.88. The first-order valence-electron chi connectivity index (χ1n) is 13.8. The lowest BCUT2D eigenvalue weighted by molar-refractivity contribution is -0.126. The summed E-state index contributed by atoms with van der Waals surface area (Å²) in [7, 11) is 0. The summed E-state index contributed by atoms with van der Waals surface area (Å²) in [5, 5.41) is 5.76. The van der Waals surface area contributed by atoms with Crippen LogP contribution in [0.25, 0.3) is 0 Å². The van der Waals surface area contributed by atoms with Crippen LogP contribution in [0.5, 0.6) is 0 Å². The molecule has 36 heavy (non-hydrogen) atoms. The Balaban J connectivity index is 1.56. The highest BCUT2D eigenvalue weighted by Crippen LogP contribution is 2.27. The Bertz CT molecular complexity index is 1110. The van der Waals surface area contributed by atoms with Gasteiger partial charge in [0.15, 0.2) is 0 Å². The van der Waals surface area contributed by atoms with E-state index >= 15 is 0 Å². The van der Waals surface area contributed by atoms with Gasteiger partial charge in [-0.3, -0.25) is 14.4 Å². The van der Waals surface area contributed by atoms with Crippen molar-refractivity contribution in [1.29, 1.82) is 0 Å². The maximum Gasteiger partial charge on any atom is 0.263 e. The van der Waals surface area contributed by atoms with Gasteiger partial charge >= 0.3 is 0 Å². The van der Waals surface area contributed by atoms with E-state index < -0.39 is 11.4 Å². The Hall–Kier alpha value is -2.89. The van der Waals surface area contributed by atoms with Crippen LogP contribution in [0.15, 0.2) is 41.2 Å². The number of carbonyl (C=O) groups is 2. The van der Waals surface area contributed by atoms with Crippen molar-refractivity contribution in [2.75, 3.05) is 0 Å². The van der Waals surface area contributed by atoms with Crippen LogP contribution in [-0.4, -0.2) is 21.9 Å². The van der Waals surface area contributed by atoms with Gasteiger partial charge in [-0.05, 0) is 75.5 Å². The maximum absolute atomic E-state index is 13.7. The van der Waals surface area contributed by atoms with Crippen LogP contribution in [0.2, 0.25) is 0 Å². The highest BCUT2D eigenvalue weighted by Gasteiger charge is 2.31. The molecule has 2 aliphatic rings. The minimum atomic E-state index is -1.16. The predicted octanol–water partition coefficient (Wildman–Crippen LogP) is 4.91. The molecule has 194 valence electrons. The summed E-state index contributed by atoms with van der Waals surface area (Å²) in [6.45, 7) is 4.44. The van der Waals surface area contributed by atoms with Gasteiger partial charge in [-0.2, -0.15) is 0 Å². The van der Waals surface area contributed by atoms with Crippen LogP contribution in [-0.2, 0) is 30.7 Å². The molecule has 1 aromatic carbocycles. The van der Waals surface area contributed by atoms with E-state index in [4.69, 9.17) is 0 Å². The molecule has 4 rings (SSSR count). The molecule has 0 spiro atoms. The van der Waals surface area contributed by atoms with E-state index in [2.05, 4.69) is 10.6 Å². The van der Waals surface area contributed by atoms with Crippen LogP contribution >= 0.6 is 0 Å². The minimum Gasteiger partial charge on any atom is -0.350 e. The molecular formula is C30H41N3O3. The summed E-state index contributed by atoms with van der Waals surface area (Å²) < 4.78 is 1.92. The third-order valence-corrected chi connectivity index (χ3v) is 7.80. The molecule has 0 radical (unpaired) electrons. The topological polar surface area (TPSA) is 80.2 Å². The van der Waals surface area contributed by atoms with Gasteiger partial charge in [0, 0.05) is 18.8 Å². The molecule has 1 aromatic heterocycles. The van der Waals surface area contributed by atoms with Crippen molar-refractivity contribution in [3.63, 3.8) is 0 Å². The summed E-state index contributed by atoms with van der Waals surface area (Å²) in [6.07, 6.45) is 12.3. The first-order valence-corrected chi connectivity index (χ1v) is 13.8. The number of aryl methyl sites for hydroxylation is 1. The van der Waals surface area contributed by atoms with Gasteiger partial charge in [0.2, 0.25) is 5.91 Å². The van der Waals surface area contributed by atoms with Gasteiger partial charge in [-0.25, -0.2) is 0 Å². The molecule has 2 amide bonds. The monoisotopic (exact) mass is 491 g/mol. The molecule has 2 N–H and O–H groups in total. The average Bonchev–Trinajstić information content (AvgIpc) is 2.86. The molecule has 2 aliphatic carbocycles. The van der Waals surface area contributed by atoms with Crippen LogP contribution < -0.4 is 16.2 Å². The zero-order chi connectivity index (χ0) is 25.5. The standard InChI is InChI=1S/C30H41N3O3/c1-30(2,29(36)31-20-22-13-7-5-8-14-22)32-27(34)25-19-24-17-11-3-4-12-18-26(24)33(28(25)35)21-23-15-9-6-10-16-23/h5,7-8,13-14,19,23H,3-4,6,9-12,15-18,20-21H2,1-2H3,(H,31,36)(H,32,34). The first kappa shape index (κ1) is 26.2. The van der Waals surface area contributed by atoms with Gasteiger partial charge in [-0.15, -0.1) is 0 Å². The van der Waals surface area contributed by atoms with Crippen LogP contribution in [0.3, 0.4) is 0 Å². The minimum absolute atomic E-state index is 0.161. The van der Waals surface area contributed by atoms with E-state index in [9.17, 15) is 14.4 Å². The second kappa shape index (κ2) is 11.9. The molecular weight excluding hydrogens is 450 g/mol. The van der Waals surface area contributed by atoms with Crippen molar-refractivity contribution < 1.29 is 9.59 Å². The number of benzene rings is 1. The SMILES string of the molecule is CC(C)(NC(=O)c1cc2c(n(CC3CCCCC3)c1=O)CCCCCC2)C(=O)NCc1ccccc1. The second-order valence-electron chi connectivity index (χ2n) is 11.1. The van der Waals surface area contributed by atoms with E-state index in [1.807, 2.05) is 41.0 Å². The second-order valence-corrected chi connectivity index (χ2v) is 11.1. The van der Waals surface area contributed by atoms with Crippen LogP contribution in [0.1, 0.15) is 98.8 Å². The van der Waals surface area contributed by atoms with Gasteiger partial charge in [0.05, 0.1) is 0 Å². The van der Waals surface area contributed by atoms with Gasteiger partial charge in [0.1, 0.15) is 11.1 Å². The fraction of sp³-hybridized carbons (Fsp3) is 0.567. The third kappa shape index (κ3) is 6.45. The number of carbonyl (C=O) groups excluding carboxylic acids is 2. The highest BCUT2D eigenvalue weighted by atomic mass is 16.2. The van der Waals surface area contributed by atoms with Crippen molar-refractivity contribution >= 4 is 11.8 Å².